The summed E-state index contributed by atoms with van der Waals surface area (Å²) in [6.07, 6.45) is 1.37. The Labute approximate surface area is 140 Å². The van der Waals surface area contributed by atoms with E-state index in [0.29, 0.717) is 5.56 Å². The standard InChI is InChI=1S/C16H11F2N3O2S/c17-16(18)23-13-2-1-7-19-14(13)21-15(22)11-5-3-10(4-6-11)12-8-24-9-20-12/h1-9,16H,(H,19,21,22). The van der Waals surface area contributed by atoms with Gasteiger partial charge in [-0.3, -0.25) is 4.79 Å². The second-order valence-electron chi connectivity index (χ2n) is 4.63. The zero-order chi connectivity index (χ0) is 16.9. The van der Waals surface area contributed by atoms with Gasteiger partial charge < -0.3 is 10.1 Å². The number of nitrogens with zero attached hydrogens (tertiary/aromatic N) is 2. The van der Waals surface area contributed by atoms with Crippen molar-refractivity contribution in [3.63, 3.8) is 0 Å². The summed E-state index contributed by atoms with van der Waals surface area (Å²) in [5, 5.41) is 4.36. The van der Waals surface area contributed by atoms with E-state index in [1.54, 1.807) is 29.8 Å². The number of rotatable bonds is 5. The highest BCUT2D eigenvalue weighted by molar-refractivity contribution is 7.07. The van der Waals surface area contributed by atoms with Crippen LogP contribution in [0.1, 0.15) is 10.4 Å². The fourth-order valence-corrected chi connectivity index (χ4v) is 2.56. The molecule has 0 saturated heterocycles. The number of carbonyl (C=O) groups is 1. The van der Waals surface area contributed by atoms with E-state index in [0.717, 1.165) is 11.3 Å². The molecule has 8 heteroatoms. The number of carbonyl (C=O) groups excluding carboxylic acids is 1. The molecule has 0 atom stereocenters. The molecule has 0 aliphatic carbocycles. The summed E-state index contributed by atoms with van der Waals surface area (Å²) in [4.78, 5) is 20.3. The Morgan fingerprint density at radius 3 is 2.62 bits per heavy atom. The molecular weight excluding hydrogens is 336 g/mol. The molecule has 0 bridgehead atoms. The second kappa shape index (κ2) is 7.14. The number of nitrogens with one attached hydrogen (secondary N) is 1. The molecule has 0 aliphatic rings. The maximum absolute atomic E-state index is 12.4. The van der Waals surface area contributed by atoms with E-state index in [1.807, 2.05) is 5.38 Å². The molecule has 0 spiro atoms. The minimum Gasteiger partial charge on any atom is -0.431 e. The van der Waals surface area contributed by atoms with Gasteiger partial charge in [0.15, 0.2) is 11.6 Å². The Bertz CT molecular complexity index is 824. The molecule has 1 N–H and O–H groups in total. The fraction of sp³-hybridized carbons (Fsp3) is 0.0625. The Kier molecular flexibility index (Phi) is 4.76. The van der Waals surface area contributed by atoms with Crippen molar-refractivity contribution in [3.05, 3.63) is 59.0 Å². The predicted octanol–water partition coefficient (Wildman–Crippen LogP) is 4.06. The SMILES string of the molecule is O=C(Nc1ncccc1OC(F)F)c1ccc(-c2cscn2)cc1. The van der Waals surface area contributed by atoms with Gasteiger partial charge in [0, 0.05) is 22.7 Å². The molecule has 3 aromatic rings. The molecule has 122 valence electrons. The summed E-state index contributed by atoms with van der Waals surface area (Å²) in [5.41, 5.74) is 3.79. The van der Waals surface area contributed by atoms with Gasteiger partial charge >= 0.3 is 6.61 Å². The number of ether oxygens (including phenoxy) is 1. The molecule has 2 heterocycles. The fourth-order valence-electron chi connectivity index (χ4n) is 2.00. The first-order chi connectivity index (χ1) is 11.6. The van der Waals surface area contributed by atoms with Crippen LogP contribution in [0.15, 0.2) is 53.5 Å². The molecule has 0 unspecified atom stereocenters. The van der Waals surface area contributed by atoms with Gasteiger partial charge in [0.25, 0.3) is 5.91 Å². The van der Waals surface area contributed by atoms with Crippen LogP contribution in [0.3, 0.4) is 0 Å². The lowest BCUT2D eigenvalue weighted by atomic mass is 10.1. The number of hydrogen-bond acceptors (Lipinski definition) is 5. The Balaban J connectivity index is 1.76. The van der Waals surface area contributed by atoms with E-state index in [9.17, 15) is 13.6 Å². The third-order valence-electron chi connectivity index (χ3n) is 3.09. The lowest BCUT2D eigenvalue weighted by molar-refractivity contribution is -0.0495. The van der Waals surface area contributed by atoms with Crippen molar-refractivity contribution in [1.29, 1.82) is 0 Å². The molecule has 0 aliphatic heterocycles. The van der Waals surface area contributed by atoms with Gasteiger partial charge in [-0.25, -0.2) is 9.97 Å². The smallest absolute Gasteiger partial charge is 0.387 e. The largest absolute Gasteiger partial charge is 0.431 e. The van der Waals surface area contributed by atoms with Gasteiger partial charge in [0.2, 0.25) is 0 Å². The molecule has 5 nitrogen and oxygen atoms in total. The van der Waals surface area contributed by atoms with Crippen LogP contribution < -0.4 is 10.1 Å². The summed E-state index contributed by atoms with van der Waals surface area (Å²) in [5.74, 6) is -0.732. The Morgan fingerprint density at radius 2 is 1.96 bits per heavy atom. The highest BCUT2D eigenvalue weighted by atomic mass is 32.1. The monoisotopic (exact) mass is 347 g/mol. The van der Waals surface area contributed by atoms with Gasteiger partial charge in [0.05, 0.1) is 11.2 Å². The van der Waals surface area contributed by atoms with Crippen LogP contribution in [-0.2, 0) is 0 Å². The van der Waals surface area contributed by atoms with E-state index in [2.05, 4.69) is 20.0 Å². The zero-order valence-corrected chi connectivity index (χ0v) is 13.0. The first-order valence-corrected chi connectivity index (χ1v) is 7.77. The van der Waals surface area contributed by atoms with E-state index in [-0.39, 0.29) is 11.6 Å². The highest BCUT2D eigenvalue weighted by Gasteiger charge is 2.14. The average molecular weight is 347 g/mol. The van der Waals surface area contributed by atoms with Crippen LogP contribution >= 0.6 is 11.3 Å². The topological polar surface area (TPSA) is 64.1 Å². The van der Waals surface area contributed by atoms with E-state index >= 15 is 0 Å². The second-order valence-corrected chi connectivity index (χ2v) is 5.35. The number of pyridine rings is 1. The van der Waals surface area contributed by atoms with Gasteiger partial charge in [-0.1, -0.05) is 12.1 Å². The van der Waals surface area contributed by atoms with Crippen molar-refractivity contribution in [2.24, 2.45) is 0 Å². The molecule has 0 saturated carbocycles. The van der Waals surface area contributed by atoms with E-state index in [1.165, 1.54) is 29.7 Å². The molecule has 0 radical (unpaired) electrons. The number of alkyl halides is 2. The quantitative estimate of drug-likeness (QED) is 0.756. The molecule has 3 rings (SSSR count). The third-order valence-corrected chi connectivity index (χ3v) is 3.68. The maximum atomic E-state index is 12.4. The van der Waals surface area contributed by atoms with Crippen molar-refractivity contribution in [2.75, 3.05) is 5.32 Å². The first kappa shape index (κ1) is 16.0. The Hall–Kier alpha value is -2.87. The predicted molar refractivity (Wildman–Crippen MR) is 86.4 cm³/mol. The summed E-state index contributed by atoms with van der Waals surface area (Å²) in [7, 11) is 0. The number of anilines is 1. The van der Waals surface area contributed by atoms with E-state index < -0.39 is 12.5 Å². The molecular formula is C16H11F2N3O2S. The maximum Gasteiger partial charge on any atom is 0.387 e. The highest BCUT2D eigenvalue weighted by Crippen LogP contribution is 2.24. The summed E-state index contributed by atoms with van der Waals surface area (Å²) < 4.78 is 29.1. The molecule has 1 aromatic carbocycles. The van der Waals surface area contributed by atoms with Crippen LogP contribution in [0.4, 0.5) is 14.6 Å². The van der Waals surface area contributed by atoms with Gasteiger partial charge in [0.1, 0.15) is 0 Å². The molecule has 1 amide bonds. The molecule has 2 aromatic heterocycles. The van der Waals surface area contributed by atoms with E-state index in [4.69, 9.17) is 0 Å². The zero-order valence-electron chi connectivity index (χ0n) is 12.1. The van der Waals surface area contributed by atoms with Gasteiger partial charge in [-0.2, -0.15) is 8.78 Å². The minimum atomic E-state index is -3.00. The van der Waals surface area contributed by atoms with Crippen LogP contribution in [0, 0.1) is 0 Å². The van der Waals surface area contributed by atoms with Crippen LogP contribution in [0.5, 0.6) is 5.75 Å². The number of benzene rings is 1. The van der Waals surface area contributed by atoms with Gasteiger partial charge in [-0.15, -0.1) is 11.3 Å². The van der Waals surface area contributed by atoms with Crippen LogP contribution in [0.25, 0.3) is 11.3 Å². The van der Waals surface area contributed by atoms with Crippen molar-refractivity contribution in [1.82, 2.24) is 9.97 Å². The normalized spacial score (nSPS) is 10.6. The molecule has 24 heavy (non-hydrogen) atoms. The van der Waals surface area contributed by atoms with Crippen molar-refractivity contribution >= 4 is 23.1 Å². The summed E-state index contributed by atoms with van der Waals surface area (Å²) in [6, 6.07) is 9.52. The lowest BCUT2D eigenvalue weighted by Gasteiger charge is -2.10. The lowest BCUT2D eigenvalue weighted by Crippen LogP contribution is -2.15. The van der Waals surface area contributed by atoms with Crippen molar-refractivity contribution in [3.8, 4) is 17.0 Å². The van der Waals surface area contributed by atoms with Crippen molar-refractivity contribution < 1.29 is 18.3 Å². The van der Waals surface area contributed by atoms with Crippen LogP contribution in [0.2, 0.25) is 0 Å². The van der Waals surface area contributed by atoms with Crippen LogP contribution in [-0.4, -0.2) is 22.5 Å². The number of thiazole rings is 1. The number of aromatic nitrogens is 2. The van der Waals surface area contributed by atoms with Gasteiger partial charge in [-0.05, 0) is 24.3 Å². The Morgan fingerprint density at radius 1 is 1.17 bits per heavy atom. The first-order valence-electron chi connectivity index (χ1n) is 6.83. The number of amides is 1. The third kappa shape index (κ3) is 3.72. The average Bonchev–Trinajstić information content (AvgIpc) is 3.11. The van der Waals surface area contributed by atoms with Crippen molar-refractivity contribution in [2.45, 2.75) is 6.61 Å². The summed E-state index contributed by atoms with van der Waals surface area (Å²) >= 11 is 1.48. The minimum absolute atomic E-state index is 0.0635. The molecule has 0 fully saturated rings. The summed E-state index contributed by atoms with van der Waals surface area (Å²) in [6.45, 7) is -3.00. The number of hydrogen-bond donors (Lipinski definition) is 1. The number of halogens is 2.